The highest BCUT2D eigenvalue weighted by Crippen LogP contribution is 2.20. The predicted molar refractivity (Wildman–Crippen MR) is 91.2 cm³/mol. The van der Waals surface area contributed by atoms with Gasteiger partial charge in [0.2, 0.25) is 5.95 Å². The Hall–Kier alpha value is -2.73. The molecule has 0 bridgehead atoms. The Morgan fingerprint density at radius 3 is 2.46 bits per heavy atom. The molecule has 0 amide bonds. The van der Waals surface area contributed by atoms with E-state index < -0.39 is 5.82 Å². The lowest BCUT2D eigenvalue weighted by molar-refractivity contribution is 0.281. The normalized spacial score (nSPS) is 10.9. The van der Waals surface area contributed by atoms with Gasteiger partial charge in [0.25, 0.3) is 0 Å². The van der Waals surface area contributed by atoms with Crippen LogP contribution in [0.2, 0.25) is 0 Å². The Kier molecular flexibility index (Phi) is 4.31. The average Bonchev–Trinajstić information content (AvgIpc) is 2.89. The van der Waals surface area contributed by atoms with Crippen LogP contribution < -0.4 is 5.32 Å². The zero-order chi connectivity index (χ0) is 17.3. The van der Waals surface area contributed by atoms with Crippen LogP contribution in [0.5, 0.6) is 0 Å². The highest BCUT2D eigenvalue weighted by atomic mass is 19.1. The molecule has 0 unspecified atom stereocenters. The first kappa shape index (κ1) is 16.1. The number of rotatable bonds is 4. The highest BCUT2D eigenvalue weighted by Gasteiger charge is 2.12. The molecule has 124 valence electrons. The van der Waals surface area contributed by atoms with Crippen molar-refractivity contribution in [2.24, 2.45) is 0 Å². The molecular formula is C18H19FN4O. The summed E-state index contributed by atoms with van der Waals surface area (Å²) < 4.78 is 15.7. The molecule has 1 aromatic carbocycles. The molecule has 5 nitrogen and oxygen atoms in total. The Morgan fingerprint density at radius 1 is 1.12 bits per heavy atom. The zero-order valence-corrected chi connectivity index (χ0v) is 13.8. The van der Waals surface area contributed by atoms with Gasteiger partial charge in [-0.05, 0) is 55.2 Å². The van der Waals surface area contributed by atoms with Crippen molar-refractivity contribution >= 4 is 11.6 Å². The van der Waals surface area contributed by atoms with E-state index in [0.29, 0.717) is 5.95 Å². The molecule has 3 aromatic rings. The smallest absolute Gasteiger partial charge is 0.229 e. The number of anilines is 2. The summed E-state index contributed by atoms with van der Waals surface area (Å²) in [6.07, 6.45) is 4.54. The Bertz CT molecular complexity index is 868. The van der Waals surface area contributed by atoms with Crippen molar-refractivity contribution in [1.82, 2.24) is 14.5 Å². The van der Waals surface area contributed by atoms with E-state index in [1.807, 2.05) is 32.9 Å². The Balaban J connectivity index is 1.96. The molecule has 0 saturated heterocycles. The third kappa shape index (κ3) is 3.28. The first-order valence-corrected chi connectivity index (χ1v) is 7.63. The van der Waals surface area contributed by atoms with Gasteiger partial charge < -0.3 is 15.0 Å². The van der Waals surface area contributed by atoms with Crippen molar-refractivity contribution in [3.63, 3.8) is 0 Å². The molecule has 24 heavy (non-hydrogen) atoms. The van der Waals surface area contributed by atoms with Gasteiger partial charge >= 0.3 is 0 Å². The van der Waals surface area contributed by atoms with Gasteiger partial charge in [-0.3, -0.25) is 0 Å². The van der Waals surface area contributed by atoms with E-state index in [0.717, 1.165) is 34.1 Å². The molecule has 0 aliphatic carbocycles. The van der Waals surface area contributed by atoms with Crippen molar-refractivity contribution < 1.29 is 9.50 Å². The molecule has 2 N–H and O–H groups in total. The second-order valence-corrected chi connectivity index (χ2v) is 5.90. The van der Waals surface area contributed by atoms with Crippen LogP contribution in [0.1, 0.15) is 22.3 Å². The summed E-state index contributed by atoms with van der Waals surface area (Å²) in [6.45, 7) is 5.78. The summed E-state index contributed by atoms with van der Waals surface area (Å²) in [5, 5.41) is 12.4. The molecule has 0 saturated carbocycles. The third-order valence-corrected chi connectivity index (χ3v) is 3.75. The molecular weight excluding hydrogens is 307 g/mol. The minimum Gasteiger partial charge on any atom is -0.392 e. The van der Waals surface area contributed by atoms with Crippen molar-refractivity contribution in [2.75, 3.05) is 5.32 Å². The number of aliphatic hydroxyl groups excluding tert-OH is 1. The predicted octanol–water partition coefficient (Wildman–Crippen LogP) is 3.57. The molecule has 0 aliphatic rings. The summed E-state index contributed by atoms with van der Waals surface area (Å²) in [7, 11) is 0. The van der Waals surface area contributed by atoms with Gasteiger partial charge in [0.1, 0.15) is 0 Å². The van der Waals surface area contributed by atoms with Gasteiger partial charge in [-0.15, -0.1) is 0 Å². The van der Waals surface area contributed by atoms with Gasteiger partial charge in [0, 0.05) is 18.1 Å². The first-order valence-electron chi connectivity index (χ1n) is 7.63. The molecule has 0 aliphatic heterocycles. The number of halogens is 1. The summed E-state index contributed by atoms with van der Waals surface area (Å²) in [6, 6.07) is 6.02. The van der Waals surface area contributed by atoms with Crippen LogP contribution in [0.15, 0.2) is 36.8 Å². The standard InChI is InChI=1S/C18H19FN4O/c1-11-4-12(2)6-15(5-11)21-18-20-7-16(19)17(22-18)23-8-13(3)14(9-23)10-24/h4-9,24H,10H2,1-3H3,(H,20,21,22). The van der Waals surface area contributed by atoms with E-state index in [2.05, 4.69) is 21.4 Å². The molecule has 0 atom stereocenters. The number of aryl methyl sites for hydroxylation is 3. The number of nitrogens with one attached hydrogen (secondary N) is 1. The maximum atomic E-state index is 14.1. The lowest BCUT2D eigenvalue weighted by atomic mass is 10.1. The van der Waals surface area contributed by atoms with Gasteiger partial charge in [0.05, 0.1) is 12.8 Å². The van der Waals surface area contributed by atoms with E-state index in [1.165, 1.54) is 0 Å². The number of benzene rings is 1. The Labute approximate surface area is 139 Å². The fourth-order valence-electron chi connectivity index (χ4n) is 2.66. The second-order valence-electron chi connectivity index (χ2n) is 5.90. The second kappa shape index (κ2) is 6.41. The number of hydrogen-bond donors (Lipinski definition) is 2. The molecule has 6 heteroatoms. The van der Waals surface area contributed by atoms with E-state index in [4.69, 9.17) is 0 Å². The number of hydrogen-bond acceptors (Lipinski definition) is 4. The molecule has 2 aromatic heterocycles. The van der Waals surface area contributed by atoms with E-state index in [9.17, 15) is 9.50 Å². The summed E-state index contributed by atoms with van der Waals surface area (Å²) in [5.41, 5.74) is 4.70. The minimum absolute atomic E-state index is 0.0980. The van der Waals surface area contributed by atoms with Gasteiger partial charge in [-0.2, -0.15) is 4.98 Å². The number of nitrogens with zero attached hydrogens (tertiary/aromatic N) is 3. The van der Waals surface area contributed by atoms with E-state index in [1.54, 1.807) is 17.0 Å². The lowest BCUT2D eigenvalue weighted by Gasteiger charge is -2.09. The molecule has 0 radical (unpaired) electrons. The van der Waals surface area contributed by atoms with Crippen molar-refractivity contribution in [2.45, 2.75) is 27.4 Å². The van der Waals surface area contributed by atoms with Crippen molar-refractivity contribution in [3.8, 4) is 5.82 Å². The topological polar surface area (TPSA) is 63.0 Å². The van der Waals surface area contributed by atoms with Crippen LogP contribution in [0.3, 0.4) is 0 Å². The maximum Gasteiger partial charge on any atom is 0.229 e. The van der Waals surface area contributed by atoms with Crippen molar-refractivity contribution in [3.05, 3.63) is 64.9 Å². The first-order chi connectivity index (χ1) is 11.5. The third-order valence-electron chi connectivity index (χ3n) is 3.75. The number of aromatic nitrogens is 3. The Morgan fingerprint density at radius 2 is 1.83 bits per heavy atom. The molecule has 3 rings (SSSR count). The lowest BCUT2D eigenvalue weighted by Crippen LogP contribution is -2.05. The zero-order valence-electron chi connectivity index (χ0n) is 13.8. The summed E-state index contributed by atoms with van der Waals surface area (Å²) in [5.74, 6) is -0.0755. The summed E-state index contributed by atoms with van der Waals surface area (Å²) in [4.78, 5) is 8.28. The maximum absolute atomic E-state index is 14.1. The van der Waals surface area contributed by atoms with Gasteiger partial charge in [-0.25, -0.2) is 9.37 Å². The fraction of sp³-hybridized carbons (Fsp3) is 0.222. The van der Waals surface area contributed by atoms with Gasteiger partial charge in [0.15, 0.2) is 11.6 Å². The van der Waals surface area contributed by atoms with Crippen LogP contribution in [0.4, 0.5) is 16.0 Å². The highest BCUT2D eigenvalue weighted by molar-refractivity contribution is 5.56. The molecule has 0 spiro atoms. The number of aliphatic hydroxyl groups is 1. The van der Waals surface area contributed by atoms with E-state index in [-0.39, 0.29) is 12.4 Å². The van der Waals surface area contributed by atoms with Gasteiger partial charge in [-0.1, -0.05) is 6.07 Å². The van der Waals surface area contributed by atoms with E-state index >= 15 is 0 Å². The quantitative estimate of drug-likeness (QED) is 0.769. The fourth-order valence-corrected chi connectivity index (χ4v) is 2.66. The van der Waals surface area contributed by atoms with Crippen LogP contribution >= 0.6 is 0 Å². The average molecular weight is 326 g/mol. The largest absolute Gasteiger partial charge is 0.392 e. The summed E-state index contributed by atoms with van der Waals surface area (Å²) >= 11 is 0. The van der Waals surface area contributed by atoms with Crippen LogP contribution in [0.25, 0.3) is 5.82 Å². The van der Waals surface area contributed by atoms with Crippen LogP contribution in [-0.4, -0.2) is 19.6 Å². The van der Waals surface area contributed by atoms with Crippen molar-refractivity contribution in [1.29, 1.82) is 0 Å². The molecule has 0 fully saturated rings. The SMILES string of the molecule is Cc1cc(C)cc(Nc2ncc(F)c(-n3cc(C)c(CO)c3)n2)c1. The van der Waals surface area contributed by atoms with Crippen LogP contribution in [0, 0.1) is 26.6 Å². The molecule has 2 heterocycles. The van der Waals surface area contributed by atoms with Crippen LogP contribution in [-0.2, 0) is 6.61 Å². The monoisotopic (exact) mass is 326 g/mol. The minimum atomic E-state index is -0.527.